The molecule has 3 rings (SSSR count). The maximum absolute atomic E-state index is 12.5. The van der Waals surface area contributed by atoms with E-state index in [0.29, 0.717) is 33.5 Å². The van der Waals surface area contributed by atoms with Crippen LogP contribution in [0.5, 0.6) is 5.75 Å². The summed E-state index contributed by atoms with van der Waals surface area (Å²) in [6.45, 7) is -0.397. The number of para-hydroxylation sites is 2. The zero-order chi connectivity index (χ0) is 24.3. The largest absolute Gasteiger partial charge is 0.495 e. The first-order chi connectivity index (χ1) is 16.5. The van der Waals surface area contributed by atoms with Gasteiger partial charge in [0.05, 0.1) is 24.2 Å². The van der Waals surface area contributed by atoms with Gasteiger partial charge in [0.25, 0.3) is 11.8 Å². The van der Waals surface area contributed by atoms with Crippen molar-refractivity contribution < 1.29 is 23.9 Å². The quantitative estimate of drug-likeness (QED) is 0.292. The molecular weight excluding hydrogens is 476 g/mol. The Hall–Kier alpha value is -3.49. The number of ether oxygens (including phenoxy) is 2. The van der Waals surface area contributed by atoms with Crippen LogP contribution in [0.4, 0.5) is 11.4 Å². The molecular formula is C25H23ClN2O5S. The fourth-order valence-corrected chi connectivity index (χ4v) is 4.04. The number of esters is 1. The Morgan fingerprint density at radius 1 is 0.912 bits per heavy atom. The maximum Gasteiger partial charge on any atom is 0.307 e. The van der Waals surface area contributed by atoms with Crippen molar-refractivity contribution in [3.8, 4) is 5.75 Å². The molecule has 0 aliphatic rings. The summed E-state index contributed by atoms with van der Waals surface area (Å²) in [6.07, 6.45) is 0.152. The first-order valence-corrected chi connectivity index (χ1v) is 11.7. The van der Waals surface area contributed by atoms with Crippen molar-refractivity contribution in [2.24, 2.45) is 0 Å². The Kier molecular flexibility index (Phi) is 9.37. The monoisotopic (exact) mass is 498 g/mol. The second kappa shape index (κ2) is 12.7. The molecule has 0 bridgehead atoms. The molecule has 34 heavy (non-hydrogen) atoms. The highest BCUT2D eigenvalue weighted by Gasteiger charge is 2.11. The van der Waals surface area contributed by atoms with Gasteiger partial charge in [0.15, 0.2) is 6.61 Å². The van der Waals surface area contributed by atoms with Crippen molar-refractivity contribution in [1.29, 1.82) is 0 Å². The van der Waals surface area contributed by atoms with Crippen molar-refractivity contribution in [3.63, 3.8) is 0 Å². The van der Waals surface area contributed by atoms with Gasteiger partial charge in [-0.3, -0.25) is 14.4 Å². The molecule has 0 unspecified atom stereocenters. The average molecular weight is 499 g/mol. The fraction of sp³-hybridized carbons (Fsp3) is 0.160. The van der Waals surface area contributed by atoms with Gasteiger partial charge < -0.3 is 20.1 Å². The van der Waals surface area contributed by atoms with Gasteiger partial charge in [0.2, 0.25) is 0 Å². The van der Waals surface area contributed by atoms with Crippen molar-refractivity contribution in [1.82, 2.24) is 0 Å². The number of amides is 2. The van der Waals surface area contributed by atoms with E-state index < -0.39 is 18.5 Å². The average Bonchev–Trinajstić information content (AvgIpc) is 2.84. The molecule has 7 nitrogen and oxygen atoms in total. The third kappa shape index (κ3) is 7.54. The van der Waals surface area contributed by atoms with Crippen molar-refractivity contribution >= 4 is 52.5 Å². The topological polar surface area (TPSA) is 93.7 Å². The number of hydrogen-bond acceptors (Lipinski definition) is 6. The van der Waals surface area contributed by atoms with Crippen LogP contribution in [0.15, 0.2) is 77.7 Å². The lowest BCUT2D eigenvalue weighted by molar-refractivity contribution is -0.146. The normalized spacial score (nSPS) is 10.3. The highest BCUT2D eigenvalue weighted by Crippen LogP contribution is 2.27. The SMILES string of the molecule is COc1ccccc1NC(=O)c1ccc(NC(=O)COC(=O)CCSc2ccccc2Cl)cc1. The minimum Gasteiger partial charge on any atom is -0.495 e. The van der Waals surface area contributed by atoms with Crippen LogP contribution in [0.25, 0.3) is 0 Å². The predicted octanol–water partition coefficient (Wildman–Crippen LogP) is 5.27. The lowest BCUT2D eigenvalue weighted by Gasteiger charge is -2.10. The summed E-state index contributed by atoms with van der Waals surface area (Å²) in [5.41, 5.74) is 1.44. The van der Waals surface area contributed by atoms with Crippen molar-refractivity contribution in [2.45, 2.75) is 11.3 Å². The van der Waals surface area contributed by atoms with Gasteiger partial charge >= 0.3 is 5.97 Å². The molecule has 0 aliphatic heterocycles. The van der Waals surface area contributed by atoms with E-state index >= 15 is 0 Å². The van der Waals surface area contributed by atoms with Gasteiger partial charge in [-0.1, -0.05) is 35.9 Å². The van der Waals surface area contributed by atoms with E-state index in [9.17, 15) is 14.4 Å². The third-order valence-electron chi connectivity index (χ3n) is 4.55. The number of hydrogen-bond donors (Lipinski definition) is 2. The molecule has 0 aliphatic carbocycles. The molecule has 3 aromatic rings. The van der Waals surface area contributed by atoms with Crippen molar-refractivity contribution in [3.05, 3.63) is 83.4 Å². The minimum absolute atomic E-state index is 0.152. The molecule has 0 saturated heterocycles. The summed E-state index contributed by atoms with van der Waals surface area (Å²) < 4.78 is 10.2. The van der Waals surface area contributed by atoms with E-state index in [-0.39, 0.29) is 12.3 Å². The number of methoxy groups -OCH3 is 1. The molecule has 2 N–H and O–H groups in total. The van der Waals surface area contributed by atoms with Gasteiger partial charge in [-0.2, -0.15) is 0 Å². The number of anilines is 2. The highest BCUT2D eigenvalue weighted by molar-refractivity contribution is 7.99. The van der Waals surface area contributed by atoms with E-state index in [2.05, 4.69) is 10.6 Å². The molecule has 9 heteroatoms. The first-order valence-electron chi connectivity index (χ1n) is 10.3. The second-order valence-corrected chi connectivity index (χ2v) is 8.51. The zero-order valence-electron chi connectivity index (χ0n) is 18.4. The smallest absolute Gasteiger partial charge is 0.307 e. The summed E-state index contributed by atoms with van der Waals surface area (Å²) in [4.78, 5) is 37.3. The Morgan fingerprint density at radius 2 is 1.62 bits per heavy atom. The van der Waals surface area contributed by atoms with Crippen LogP contribution in [-0.2, 0) is 14.3 Å². The minimum atomic E-state index is -0.474. The maximum atomic E-state index is 12.5. The van der Waals surface area contributed by atoms with Crippen LogP contribution in [0.3, 0.4) is 0 Å². The Labute approximate surface area is 206 Å². The lowest BCUT2D eigenvalue weighted by Crippen LogP contribution is -2.21. The summed E-state index contributed by atoms with van der Waals surface area (Å²) in [6, 6.07) is 20.8. The molecule has 0 saturated carbocycles. The standard InChI is InChI=1S/C25H23ClN2O5S/c1-32-21-8-4-3-7-20(21)28-25(31)17-10-12-18(13-11-17)27-23(29)16-33-24(30)14-15-34-22-9-5-2-6-19(22)26/h2-13H,14-16H2,1H3,(H,27,29)(H,28,31). The first kappa shape index (κ1) is 25.1. The number of thioether (sulfide) groups is 1. The van der Waals surface area contributed by atoms with Crippen LogP contribution in [0.1, 0.15) is 16.8 Å². The van der Waals surface area contributed by atoms with Crippen LogP contribution in [0.2, 0.25) is 5.02 Å². The van der Waals surface area contributed by atoms with Gasteiger partial charge in [-0.15, -0.1) is 11.8 Å². The molecule has 0 heterocycles. The summed E-state index contributed by atoms with van der Waals surface area (Å²) in [7, 11) is 1.53. The number of rotatable bonds is 10. The molecule has 0 aromatic heterocycles. The van der Waals surface area contributed by atoms with E-state index in [4.69, 9.17) is 21.1 Å². The van der Waals surface area contributed by atoms with Crippen molar-refractivity contribution in [2.75, 3.05) is 30.1 Å². The van der Waals surface area contributed by atoms with Gasteiger partial charge in [-0.05, 0) is 48.5 Å². The Morgan fingerprint density at radius 3 is 2.35 bits per heavy atom. The highest BCUT2D eigenvalue weighted by atomic mass is 35.5. The lowest BCUT2D eigenvalue weighted by atomic mass is 10.2. The van der Waals surface area contributed by atoms with E-state index in [0.717, 1.165) is 4.90 Å². The second-order valence-electron chi connectivity index (χ2n) is 6.97. The van der Waals surface area contributed by atoms with Crippen LogP contribution in [-0.4, -0.2) is 37.3 Å². The number of benzene rings is 3. The number of nitrogens with one attached hydrogen (secondary N) is 2. The number of halogens is 1. The van der Waals surface area contributed by atoms with E-state index in [1.54, 1.807) is 48.5 Å². The van der Waals surface area contributed by atoms with Crippen LogP contribution >= 0.6 is 23.4 Å². The Balaban J connectivity index is 1.41. The molecule has 3 aromatic carbocycles. The fourth-order valence-electron chi connectivity index (χ4n) is 2.87. The summed E-state index contributed by atoms with van der Waals surface area (Å²) in [5, 5.41) is 6.04. The van der Waals surface area contributed by atoms with Gasteiger partial charge in [0.1, 0.15) is 5.75 Å². The van der Waals surface area contributed by atoms with E-state index in [1.165, 1.54) is 18.9 Å². The predicted molar refractivity (Wildman–Crippen MR) is 134 cm³/mol. The molecule has 0 radical (unpaired) electrons. The van der Waals surface area contributed by atoms with E-state index in [1.807, 2.05) is 24.3 Å². The zero-order valence-corrected chi connectivity index (χ0v) is 19.9. The molecule has 0 atom stereocenters. The third-order valence-corrected chi connectivity index (χ3v) is 6.07. The van der Waals surface area contributed by atoms with Crippen LogP contribution < -0.4 is 15.4 Å². The summed E-state index contributed by atoms with van der Waals surface area (Å²) in [5.74, 6) is -0.221. The summed E-state index contributed by atoms with van der Waals surface area (Å²) >= 11 is 7.52. The molecule has 176 valence electrons. The van der Waals surface area contributed by atoms with Gasteiger partial charge in [0, 0.05) is 21.9 Å². The molecule has 2 amide bonds. The molecule has 0 fully saturated rings. The number of carbonyl (C=O) groups is 3. The van der Waals surface area contributed by atoms with Crippen LogP contribution in [0, 0.1) is 0 Å². The Bertz CT molecular complexity index is 1150. The number of carbonyl (C=O) groups excluding carboxylic acids is 3. The molecule has 0 spiro atoms. The van der Waals surface area contributed by atoms with Gasteiger partial charge in [-0.25, -0.2) is 0 Å².